The van der Waals surface area contributed by atoms with Crippen molar-refractivity contribution in [1.82, 2.24) is 9.78 Å². The normalized spacial score (nSPS) is 12.2. The molecule has 0 amide bonds. The van der Waals surface area contributed by atoms with E-state index in [1.807, 2.05) is 0 Å². The zero-order valence-electron chi connectivity index (χ0n) is 9.43. The van der Waals surface area contributed by atoms with Gasteiger partial charge in [-0.25, -0.2) is 4.79 Å². The lowest BCUT2D eigenvalue weighted by molar-refractivity contribution is -0.138. The lowest BCUT2D eigenvalue weighted by Crippen LogP contribution is -2.13. The second-order valence-electron chi connectivity index (χ2n) is 3.39. The molecule has 1 atom stereocenters. The summed E-state index contributed by atoms with van der Waals surface area (Å²) in [6.45, 7) is 3.42. The molecule has 0 aliphatic carbocycles. The maximum atomic E-state index is 11.5. The number of hydrogen-bond acceptors (Lipinski definition) is 4. The second kappa shape index (κ2) is 4.78. The highest BCUT2D eigenvalue weighted by atomic mass is 16.5. The first kappa shape index (κ1) is 12.2. The first-order valence-electron chi connectivity index (χ1n) is 4.90. The van der Waals surface area contributed by atoms with Crippen molar-refractivity contribution in [3.63, 3.8) is 0 Å². The summed E-state index contributed by atoms with van der Waals surface area (Å²) in [5, 5.41) is 12.8. The molecule has 0 bridgehead atoms. The molecule has 1 N–H and O–H groups in total. The third-order valence-corrected chi connectivity index (χ3v) is 2.16. The Labute approximate surface area is 92.8 Å². The van der Waals surface area contributed by atoms with Gasteiger partial charge in [0.15, 0.2) is 5.69 Å². The highest BCUT2D eigenvalue weighted by Gasteiger charge is 2.25. The summed E-state index contributed by atoms with van der Waals surface area (Å²) >= 11 is 0. The summed E-state index contributed by atoms with van der Waals surface area (Å²) in [5.41, 5.74) is 0.438. The summed E-state index contributed by atoms with van der Waals surface area (Å²) in [6.07, 6.45) is 1.52. The number of ether oxygens (including phenoxy) is 1. The second-order valence-corrected chi connectivity index (χ2v) is 3.39. The third kappa shape index (κ3) is 2.39. The van der Waals surface area contributed by atoms with Gasteiger partial charge < -0.3 is 9.84 Å². The van der Waals surface area contributed by atoms with Crippen LogP contribution in [0.3, 0.4) is 0 Å². The van der Waals surface area contributed by atoms with Gasteiger partial charge in [-0.05, 0) is 13.8 Å². The van der Waals surface area contributed by atoms with Crippen molar-refractivity contribution in [3.8, 4) is 0 Å². The molecule has 16 heavy (non-hydrogen) atoms. The summed E-state index contributed by atoms with van der Waals surface area (Å²) < 4.78 is 6.21. The SMILES string of the molecule is CCOC(=O)c1nn(C)cc1C(C)C(=O)O. The predicted octanol–water partition coefficient (Wildman–Crippen LogP) is 0.785. The number of hydrogen-bond donors (Lipinski definition) is 1. The fourth-order valence-corrected chi connectivity index (χ4v) is 1.31. The minimum absolute atomic E-state index is 0.0688. The summed E-state index contributed by atoms with van der Waals surface area (Å²) in [7, 11) is 1.63. The molecular weight excluding hydrogens is 212 g/mol. The van der Waals surface area contributed by atoms with Crippen molar-refractivity contribution < 1.29 is 19.4 Å². The Morgan fingerprint density at radius 3 is 2.75 bits per heavy atom. The molecule has 0 saturated carbocycles. The van der Waals surface area contributed by atoms with E-state index in [1.165, 1.54) is 17.8 Å². The summed E-state index contributed by atoms with van der Waals surface area (Å²) in [4.78, 5) is 22.4. The molecule has 88 valence electrons. The van der Waals surface area contributed by atoms with Crippen LogP contribution in [0.25, 0.3) is 0 Å². The molecule has 1 aromatic heterocycles. The van der Waals surface area contributed by atoms with Crippen molar-refractivity contribution >= 4 is 11.9 Å². The van der Waals surface area contributed by atoms with Crippen molar-refractivity contribution in [1.29, 1.82) is 0 Å². The number of nitrogens with zero attached hydrogens (tertiary/aromatic N) is 2. The zero-order valence-corrected chi connectivity index (χ0v) is 9.43. The Balaban J connectivity index is 3.09. The molecular formula is C10H14N2O4. The lowest BCUT2D eigenvalue weighted by Gasteiger charge is -2.05. The van der Waals surface area contributed by atoms with Crippen LogP contribution in [0, 0.1) is 0 Å². The van der Waals surface area contributed by atoms with Crippen molar-refractivity contribution in [2.24, 2.45) is 7.05 Å². The topological polar surface area (TPSA) is 81.4 Å². The van der Waals surface area contributed by atoms with Gasteiger partial charge >= 0.3 is 11.9 Å². The van der Waals surface area contributed by atoms with Gasteiger partial charge in [0.05, 0.1) is 12.5 Å². The average Bonchev–Trinajstić information content (AvgIpc) is 2.59. The smallest absolute Gasteiger partial charge is 0.359 e. The van der Waals surface area contributed by atoms with E-state index in [2.05, 4.69) is 5.10 Å². The first-order chi connectivity index (χ1) is 7.47. The Bertz CT molecular complexity index is 411. The number of carbonyl (C=O) groups is 2. The van der Waals surface area contributed by atoms with Crippen LogP contribution >= 0.6 is 0 Å². The number of aryl methyl sites for hydroxylation is 1. The van der Waals surface area contributed by atoms with Crippen LogP contribution in [0.2, 0.25) is 0 Å². The molecule has 0 aromatic carbocycles. The molecule has 6 heteroatoms. The van der Waals surface area contributed by atoms with Crippen molar-refractivity contribution in [2.45, 2.75) is 19.8 Å². The van der Waals surface area contributed by atoms with Crippen LogP contribution in [-0.2, 0) is 16.6 Å². The van der Waals surface area contributed by atoms with Crippen LogP contribution in [0.4, 0.5) is 0 Å². The van der Waals surface area contributed by atoms with E-state index in [-0.39, 0.29) is 12.3 Å². The Hall–Kier alpha value is -1.85. The number of carboxylic acid groups (broad SMARTS) is 1. The number of esters is 1. The van der Waals surface area contributed by atoms with E-state index in [0.29, 0.717) is 5.56 Å². The Morgan fingerprint density at radius 1 is 1.62 bits per heavy atom. The van der Waals surface area contributed by atoms with E-state index < -0.39 is 17.9 Å². The maximum Gasteiger partial charge on any atom is 0.359 e. The molecule has 1 aromatic rings. The fraction of sp³-hybridized carbons (Fsp3) is 0.500. The third-order valence-electron chi connectivity index (χ3n) is 2.16. The molecule has 6 nitrogen and oxygen atoms in total. The number of carboxylic acids is 1. The van der Waals surface area contributed by atoms with Crippen molar-refractivity contribution in [2.75, 3.05) is 6.61 Å². The summed E-state index contributed by atoms with van der Waals surface area (Å²) in [6, 6.07) is 0. The van der Waals surface area contributed by atoms with Gasteiger partial charge in [-0.3, -0.25) is 9.48 Å². The largest absolute Gasteiger partial charge is 0.481 e. The maximum absolute atomic E-state index is 11.5. The van der Waals surface area contributed by atoms with Gasteiger partial charge in [0.2, 0.25) is 0 Å². The molecule has 1 heterocycles. The molecule has 0 spiro atoms. The minimum Gasteiger partial charge on any atom is -0.481 e. The van der Waals surface area contributed by atoms with E-state index in [4.69, 9.17) is 9.84 Å². The molecule has 0 aliphatic rings. The number of carbonyl (C=O) groups excluding carboxylic acids is 1. The van der Waals surface area contributed by atoms with Gasteiger partial charge in [-0.1, -0.05) is 0 Å². The lowest BCUT2D eigenvalue weighted by atomic mass is 10.0. The van der Waals surface area contributed by atoms with E-state index in [0.717, 1.165) is 0 Å². The van der Waals surface area contributed by atoms with Crippen LogP contribution in [0.1, 0.15) is 35.8 Å². The van der Waals surface area contributed by atoms with Gasteiger partial charge in [-0.15, -0.1) is 0 Å². The molecule has 1 unspecified atom stereocenters. The number of aliphatic carboxylic acids is 1. The summed E-state index contributed by atoms with van der Waals surface area (Å²) in [5.74, 6) is -2.38. The minimum atomic E-state index is -1.00. The predicted molar refractivity (Wildman–Crippen MR) is 55.2 cm³/mol. The van der Waals surface area contributed by atoms with Crippen LogP contribution in [0.5, 0.6) is 0 Å². The first-order valence-corrected chi connectivity index (χ1v) is 4.90. The Morgan fingerprint density at radius 2 is 2.25 bits per heavy atom. The highest BCUT2D eigenvalue weighted by molar-refractivity contribution is 5.91. The Kier molecular flexibility index (Phi) is 3.65. The van der Waals surface area contributed by atoms with E-state index in [9.17, 15) is 9.59 Å². The zero-order chi connectivity index (χ0) is 12.3. The number of aromatic nitrogens is 2. The van der Waals surface area contributed by atoms with E-state index >= 15 is 0 Å². The van der Waals surface area contributed by atoms with Crippen LogP contribution in [-0.4, -0.2) is 33.4 Å². The van der Waals surface area contributed by atoms with Crippen LogP contribution in [0.15, 0.2) is 6.20 Å². The number of rotatable bonds is 4. The highest BCUT2D eigenvalue weighted by Crippen LogP contribution is 2.19. The standard InChI is InChI=1S/C10H14N2O4/c1-4-16-10(15)8-7(5-12(3)11-8)6(2)9(13)14/h5-6H,4H2,1-3H3,(H,13,14). The van der Waals surface area contributed by atoms with E-state index in [1.54, 1.807) is 14.0 Å². The van der Waals surface area contributed by atoms with Crippen LogP contribution < -0.4 is 0 Å². The molecule has 1 rings (SSSR count). The quantitative estimate of drug-likeness (QED) is 0.767. The van der Waals surface area contributed by atoms with Gasteiger partial charge in [0, 0.05) is 18.8 Å². The average molecular weight is 226 g/mol. The van der Waals surface area contributed by atoms with Gasteiger partial charge in [0.1, 0.15) is 0 Å². The fourth-order valence-electron chi connectivity index (χ4n) is 1.31. The molecule has 0 radical (unpaired) electrons. The monoisotopic (exact) mass is 226 g/mol. The molecule has 0 fully saturated rings. The van der Waals surface area contributed by atoms with Crippen molar-refractivity contribution in [3.05, 3.63) is 17.5 Å². The van der Waals surface area contributed by atoms with Gasteiger partial charge in [-0.2, -0.15) is 5.10 Å². The van der Waals surface area contributed by atoms with Gasteiger partial charge in [0.25, 0.3) is 0 Å². The molecule has 0 aliphatic heterocycles. The molecule has 0 saturated heterocycles.